The maximum absolute atomic E-state index is 10.2. The predicted molar refractivity (Wildman–Crippen MR) is 41.7 cm³/mol. The van der Waals surface area contributed by atoms with Crippen molar-refractivity contribution in [2.45, 2.75) is 6.92 Å². The van der Waals surface area contributed by atoms with Crippen LogP contribution in [0.1, 0.15) is 6.92 Å². The number of aliphatic hydroxyl groups excluding tert-OH is 2. The van der Waals surface area contributed by atoms with Crippen LogP contribution in [0.3, 0.4) is 0 Å². The first-order chi connectivity index (χ1) is 6.33. The van der Waals surface area contributed by atoms with Crippen molar-refractivity contribution >= 4 is 12.1 Å². The third kappa shape index (κ3) is 6.17. The van der Waals surface area contributed by atoms with Crippen molar-refractivity contribution in [1.29, 1.82) is 0 Å². The molecule has 0 heterocycles. The first kappa shape index (κ1) is 15.1. The number of carboxylic acids is 1. The molecule has 14 heavy (non-hydrogen) atoms. The molecule has 0 aromatic heterocycles. The summed E-state index contributed by atoms with van der Waals surface area (Å²) in [5.74, 6) is -1.19. The number of carboxylic acid groups (broad SMARTS) is 2. The van der Waals surface area contributed by atoms with Gasteiger partial charge in [0.15, 0.2) is 0 Å². The van der Waals surface area contributed by atoms with Crippen molar-refractivity contribution in [3.63, 3.8) is 0 Å². The minimum atomic E-state index is -1.69. The topological polar surface area (TPSA) is 145 Å². The molecule has 0 saturated heterocycles. The maximum Gasteiger partial charge on any atom is 0.537 e. The second kappa shape index (κ2) is 7.06. The number of aliphatic hydroxyl groups is 2. The van der Waals surface area contributed by atoms with Crippen LogP contribution in [0.25, 0.3) is 0 Å². The highest BCUT2D eigenvalue weighted by atomic mass is 17.1. The second-order valence-corrected chi connectivity index (χ2v) is 2.54. The monoisotopic (exact) mass is 212 g/mol. The highest BCUT2D eigenvalue weighted by Crippen LogP contribution is 2.12. The average Bonchev–Trinajstić information content (AvgIpc) is 2.17. The van der Waals surface area contributed by atoms with Gasteiger partial charge >= 0.3 is 12.1 Å². The van der Waals surface area contributed by atoms with Crippen LogP contribution in [0.4, 0.5) is 4.79 Å². The Morgan fingerprint density at radius 3 is 1.50 bits per heavy atom. The van der Waals surface area contributed by atoms with Gasteiger partial charge in [0, 0.05) is 0 Å². The van der Waals surface area contributed by atoms with Crippen LogP contribution in [0, 0.1) is 5.41 Å². The molecule has 0 amide bonds. The summed E-state index contributed by atoms with van der Waals surface area (Å²) in [6.07, 6.45) is -1.69. The van der Waals surface area contributed by atoms with E-state index in [1.807, 2.05) is 0 Å². The molecule has 84 valence electrons. The summed E-state index contributed by atoms with van der Waals surface area (Å²) in [6.45, 7) is 0.187. The van der Waals surface area contributed by atoms with Crippen LogP contribution in [-0.2, 0) is 9.68 Å². The van der Waals surface area contributed by atoms with E-state index < -0.39 is 30.8 Å². The summed E-state index contributed by atoms with van der Waals surface area (Å²) < 4.78 is 0. The van der Waals surface area contributed by atoms with E-state index in [9.17, 15) is 4.79 Å². The van der Waals surface area contributed by atoms with E-state index >= 15 is 0 Å². The third-order valence-corrected chi connectivity index (χ3v) is 1.29. The third-order valence-electron chi connectivity index (χ3n) is 1.29. The van der Waals surface area contributed by atoms with E-state index in [0.29, 0.717) is 0 Å². The predicted octanol–water partition coefficient (Wildman–Crippen LogP) is -0.784. The summed E-state index contributed by atoms with van der Waals surface area (Å²) in [7, 11) is 0. The van der Waals surface area contributed by atoms with Crippen LogP contribution in [-0.4, -0.2) is 51.0 Å². The zero-order chi connectivity index (χ0) is 11.8. The van der Waals surface area contributed by atoms with Gasteiger partial charge in [-0.2, -0.15) is 5.26 Å². The lowest BCUT2D eigenvalue weighted by Gasteiger charge is -2.17. The normalized spacial score (nSPS) is 9.71. The van der Waals surface area contributed by atoms with Crippen LogP contribution >= 0.6 is 0 Å². The van der Waals surface area contributed by atoms with Crippen LogP contribution in [0.2, 0.25) is 0 Å². The van der Waals surface area contributed by atoms with E-state index in [2.05, 4.69) is 4.89 Å². The Bertz CT molecular complexity index is 184. The molecule has 0 rings (SSSR count). The smallest absolute Gasteiger partial charge is 0.481 e. The fourth-order valence-corrected chi connectivity index (χ4v) is 0.185. The first-order valence-electron chi connectivity index (χ1n) is 3.33. The molecule has 0 radical (unpaired) electrons. The second-order valence-electron chi connectivity index (χ2n) is 2.54. The standard InChI is InChI=1S/C5H10O4.CH2O4/c1-5(2-6,3-7)4(8)9;2-1(3)5-4/h6-7H,2-3H2,1H3,(H,8,9);4H,(H,2,3). The van der Waals surface area contributed by atoms with E-state index in [1.54, 1.807) is 0 Å². The molecule has 0 spiro atoms. The molecule has 0 aromatic carbocycles. The molecule has 0 atom stereocenters. The highest BCUT2D eigenvalue weighted by Gasteiger charge is 2.31. The van der Waals surface area contributed by atoms with Crippen molar-refractivity contribution in [2.75, 3.05) is 13.2 Å². The van der Waals surface area contributed by atoms with Gasteiger partial charge in [-0.05, 0) is 6.92 Å². The summed E-state index contributed by atoms with van der Waals surface area (Å²) in [5.41, 5.74) is -1.39. The number of aliphatic carboxylic acids is 1. The van der Waals surface area contributed by atoms with Crippen molar-refractivity contribution in [1.82, 2.24) is 0 Å². The Morgan fingerprint density at radius 1 is 1.21 bits per heavy atom. The van der Waals surface area contributed by atoms with Gasteiger partial charge in [0.1, 0.15) is 5.41 Å². The summed E-state index contributed by atoms with van der Waals surface area (Å²) >= 11 is 0. The molecule has 8 heteroatoms. The van der Waals surface area contributed by atoms with E-state index in [1.165, 1.54) is 6.92 Å². The lowest BCUT2D eigenvalue weighted by Crippen LogP contribution is -2.35. The summed E-state index contributed by atoms with van der Waals surface area (Å²) in [4.78, 5) is 21.7. The maximum atomic E-state index is 10.2. The van der Waals surface area contributed by atoms with Crippen molar-refractivity contribution < 1.29 is 40.2 Å². The van der Waals surface area contributed by atoms with Crippen LogP contribution < -0.4 is 0 Å². The summed E-state index contributed by atoms with van der Waals surface area (Å²) in [5, 5.41) is 39.4. The van der Waals surface area contributed by atoms with Crippen LogP contribution in [0.15, 0.2) is 0 Å². The quantitative estimate of drug-likeness (QED) is 0.302. The first-order valence-corrected chi connectivity index (χ1v) is 3.33. The van der Waals surface area contributed by atoms with Gasteiger partial charge < -0.3 is 20.4 Å². The van der Waals surface area contributed by atoms with Gasteiger partial charge in [-0.1, -0.05) is 0 Å². The Kier molecular flexibility index (Phi) is 7.62. The zero-order valence-corrected chi connectivity index (χ0v) is 7.38. The van der Waals surface area contributed by atoms with Crippen molar-refractivity contribution in [2.24, 2.45) is 5.41 Å². The Labute approximate surface area is 78.9 Å². The fraction of sp³-hybridized carbons (Fsp3) is 0.667. The molecule has 0 aliphatic heterocycles. The molecule has 0 saturated carbocycles. The van der Waals surface area contributed by atoms with Gasteiger partial charge in [0.2, 0.25) is 0 Å². The van der Waals surface area contributed by atoms with E-state index in [0.717, 1.165) is 0 Å². The van der Waals surface area contributed by atoms with Crippen molar-refractivity contribution in [3.05, 3.63) is 0 Å². The largest absolute Gasteiger partial charge is 0.537 e. The SMILES string of the molecule is CC(CO)(CO)C(=O)O.O=C(O)OO. The highest BCUT2D eigenvalue weighted by molar-refractivity contribution is 5.74. The lowest BCUT2D eigenvalue weighted by atomic mass is 9.94. The Balaban J connectivity index is 0. The molecule has 5 N–H and O–H groups in total. The number of hydrogen-bond acceptors (Lipinski definition) is 6. The molecule has 0 aromatic rings. The molecule has 0 aliphatic rings. The number of carbonyl (C=O) groups is 2. The van der Waals surface area contributed by atoms with Gasteiger partial charge in [0.05, 0.1) is 13.2 Å². The van der Waals surface area contributed by atoms with Gasteiger partial charge in [-0.3, -0.25) is 9.68 Å². The Hall–Kier alpha value is -1.38. The van der Waals surface area contributed by atoms with Gasteiger partial charge in [-0.15, -0.1) is 0 Å². The van der Waals surface area contributed by atoms with E-state index in [4.69, 9.17) is 30.5 Å². The fourth-order valence-electron chi connectivity index (χ4n) is 0.185. The molecule has 0 aliphatic carbocycles. The van der Waals surface area contributed by atoms with Gasteiger partial charge in [-0.25, -0.2) is 4.79 Å². The average molecular weight is 212 g/mol. The number of rotatable bonds is 3. The van der Waals surface area contributed by atoms with E-state index in [-0.39, 0.29) is 0 Å². The molecule has 0 unspecified atom stereocenters. The summed E-state index contributed by atoms with van der Waals surface area (Å²) in [6, 6.07) is 0. The lowest BCUT2D eigenvalue weighted by molar-refractivity contribution is -0.194. The zero-order valence-electron chi connectivity index (χ0n) is 7.38. The van der Waals surface area contributed by atoms with Crippen LogP contribution in [0.5, 0.6) is 0 Å². The molecular weight excluding hydrogens is 200 g/mol. The molecular formula is C6H12O8. The Morgan fingerprint density at radius 2 is 1.50 bits per heavy atom. The van der Waals surface area contributed by atoms with Gasteiger partial charge in [0.25, 0.3) is 0 Å². The molecule has 0 fully saturated rings. The minimum Gasteiger partial charge on any atom is -0.481 e. The van der Waals surface area contributed by atoms with Crippen molar-refractivity contribution in [3.8, 4) is 0 Å². The minimum absolute atomic E-state index is 0.543. The number of hydrogen-bond donors (Lipinski definition) is 5. The molecule has 0 bridgehead atoms. The molecule has 8 nitrogen and oxygen atoms in total.